The number of hydrogen-bond donors (Lipinski definition) is 1. The summed E-state index contributed by atoms with van der Waals surface area (Å²) in [5.74, 6) is 0.389. The van der Waals surface area contributed by atoms with Gasteiger partial charge in [-0.3, -0.25) is 4.79 Å². The van der Waals surface area contributed by atoms with E-state index in [4.69, 9.17) is 14.9 Å². The summed E-state index contributed by atoms with van der Waals surface area (Å²) in [5.41, 5.74) is 6.69. The molecule has 2 N–H and O–H groups in total. The van der Waals surface area contributed by atoms with Crippen LogP contribution in [0.4, 0.5) is 0 Å². The van der Waals surface area contributed by atoms with Crippen molar-refractivity contribution in [3.8, 4) is 11.5 Å². The average Bonchev–Trinajstić information content (AvgIpc) is 3.13. The van der Waals surface area contributed by atoms with Crippen molar-refractivity contribution in [2.45, 2.75) is 25.4 Å². The van der Waals surface area contributed by atoms with Gasteiger partial charge in [-0.1, -0.05) is 18.2 Å². The van der Waals surface area contributed by atoms with Gasteiger partial charge in [-0.05, 0) is 37.9 Å². The molecule has 0 bridgehead atoms. The molecule has 1 aliphatic rings. The molecule has 7 heteroatoms. The second-order valence-corrected chi connectivity index (χ2v) is 5.91. The monoisotopic (exact) mass is 365 g/mol. The lowest BCUT2D eigenvalue weighted by Crippen LogP contribution is -2.41. The fourth-order valence-corrected chi connectivity index (χ4v) is 2.81. The second-order valence-electron chi connectivity index (χ2n) is 5.91. The van der Waals surface area contributed by atoms with Crippen LogP contribution in [0.2, 0.25) is 0 Å². The van der Waals surface area contributed by atoms with Crippen molar-refractivity contribution in [2.24, 2.45) is 5.73 Å². The van der Waals surface area contributed by atoms with Crippen molar-refractivity contribution in [1.29, 1.82) is 0 Å². The Morgan fingerprint density at radius 2 is 2.00 bits per heavy atom. The van der Waals surface area contributed by atoms with Crippen LogP contribution in [-0.4, -0.2) is 48.1 Å². The van der Waals surface area contributed by atoms with E-state index >= 15 is 0 Å². The van der Waals surface area contributed by atoms with Crippen LogP contribution in [0.3, 0.4) is 0 Å². The molecule has 25 heavy (non-hydrogen) atoms. The van der Waals surface area contributed by atoms with Crippen molar-refractivity contribution in [3.63, 3.8) is 0 Å². The van der Waals surface area contributed by atoms with Crippen LogP contribution in [0.15, 0.2) is 41.0 Å². The molecule has 0 saturated carbocycles. The van der Waals surface area contributed by atoms with Gasteiger partial charge in [0.25, 0.3) is 5.91 Å². The maximum Gasteiger partial charge on any atom is 0.275 e. The largest absolute Gasteiger partial charge is 0.444 e. The first-order valence-electron chi connectivity index (χ1n) is 8.40. The lowest BCUT2D eigenvalue weighted by Gasteiger charge is -2.31. The van der Waals surface area contributed by atoms with Gasteiger partial charge in [-0.2, -0.15) is 0 Å². The van der Waals surface area contributed by atoms with Crippen LogP contribution in [-0.2, 0) is 4.74 Å². The predicted molar refractivity (Wildman–Crippen MR) is 97.7 cm³/mol. The van der Waals surface area contributed by atoms with Crippen LogP contribution >= 0.6 is 12.4 Å². The summed E-state index contributed by atoms with van der Waals surface area (Å²) < 4.78 is 11.2. The maximum absolute atomic E-state index is 12.6. The van der Waals surface area contributed by atoms with E-state index in [2.05, 4.69) is 4.98 Å². The Hall–Kier alpha value is -1.89. The van der Waals surface area contributed by atoms with Gasteiger partial charge in [0, 0.05) is 25.3 Å². The second kappa shape index (κ2) is 9.56. The van der Waals surface area contributed by atoms with Gasteiger partial charge in [0.15, 0.2) is 5.69 Å². The standard InChI is InChI=1S/C18H23N3O3.ClH/c19-9-4-12-23-15-7-10-21(11-8-15)18(22)16-13-24-17(20-16)14-5-2-1-3-6-14;/h1-3,5-6,13,15H,4,7-12,19H2;1H. The molecule has 1 aromatic carbocycles. The quantitative estimate of drug-likeness (QED) is 0.796. The smallest absolute Gasteiger partial charge is 0.275 e. The van der Waals surface area contributed by atoms with Crippen molar-refractivity contribution in [1.82, 2.24) is 9.88 Å². The minimum absolute atomic E-state index is 0. The molecule has 1 fully saturated rings. The summed E-state index contributed by atoms with van der Waals surface area (Å²) in [6.07, 6.45) is 4.23. The third-order valence-corrected chi connectivity index (χ3v) is 4.18. The number of carbonyl (C=O) groups is 1. The zero-order valence-electron chi connectivity index (χ0n) is 14.1. The maximum atomic E-state index is 12.6. The van der Waals surface area contributed by atoms with E-state index in [1.165, 1.54) is 6.26 Å². The number of amides is 1. The first-order chi connectivity index (χ1) is 11.8. The highest BCUT2D eigenvalue weighted by Gasteiger charge is 2.26. The molecule has 0 unspecified atom stereocenters. The summed E-state index contributed by atoms with van der Waals surface area (Å²) >= 11 is 0. The van der Waals surface area contributed by atoms with Gasteiger partial charge < -0.3 is 19.8 Å². The van der Waals surface area contributed by atoms with Gasteiger partial charge in [0.1, 0.15) is 6.26 Å². The lowest BCUT2D eigenvalue weighted by molar-refractivity contribution is 0.00829. The number of benzene rings is 1. The van der Waals surface area contributed by atoms with E-state index in [1.54, 1.807) is 0 Å². The number of carbonyl (C=O) groups excluding carboxylic acids is 1. The Morgan fingerprint density at radius 1 is 1.28 bits per heavy atom. The Balaban J connectivity index is 0.00000225. The summed E-state index contributed by atoms with van der Waals surface area (Å²) in [4.78, 5) is 18.7. The predicted octanol–water partition coefficient (Wildman–Crippen LogP) is 2.73. The highest BCUT2D eigenvalue weighted by molar-refractivity contribution is 5.92. The Kier molecular flexibility index (Phi) is 7.43. The van der Waals surface area contributed by atoms with E-state index in [-0.39, 0.29) is 24.4 Å². The van der Waals surface area contributed by atoms with Crippen molar-refractivity contribution in [2.75, 3.05) is 26.2 Å². The Labute approximate surface area is 153 Å². The average molecular weight is 366 g/mol. The van der Waals surface area contributed by atoms with Crippen molar-refractivity contribution < 1.29 is 13.9 Å². The molecule has 0 spiro atoms. The SMILES string of the molecule is Cl.NCCCOC1CCN(C(=O)c2coc(-c3ccccc3)n2)CC1. The van der Waals surface area contributed by atoms with Crippen LogP contribution in [0.25, 0.3) is 11.5 Å². The van der Waals surface area contributed by atoms with E-state index in [0.29, 0.717) is 37.8 Å². The Bertz CT molecular complexity index is 655. The van der Waals surface area contributed by atoms with E-state index in [0.717, 1.165) is 24.8 Å². The first-order valence-corrected chi connectivity index (χ1v) is 8.40. The number of hydrogen-bond acceptors (Lipinski definition) is 5. The molecule has 1 saturated heterocycles. The summed E-state index contributed by atoms with van der Waals surface area (Å²) in [7, 11) is 0. The number of halogens is 1. The molecule has 0 radical (unpaired) electrons. The zero-order chi connectivity index (χ0) is 16.8. The molecular formula is C18H24ClN3O3. The molecule has 3 rings (SSSR count). The fraction of sp³-hybridized carbons (Fsp3) is 0.444. The van der Waals surface area contributed by atoms with Crippen LogP contribution in [0.5, 0.6) is 0 Å². The minimum atomic E-state index is -0.0821. The highest BCUT2D eigenvalue weighted by atomic mass is 35.5. The van der Waals surface area contributed by atoms with Crippen LogP contribution in [0, 0.1) is 0 Å². The normalized spacial score (nSPS) is 15.0. The van der Waals surface area contributed by atoms with Crippen LogP contribution < -0.4 is 5.73 Å². The van der Waals surface area contributed by atoms with Gasteiger partial charge in [0.2, 0.25) is 5.89 Å². The summed E-state index contributed by atoms with van der Waals surface area (Å²) in [5, 5.41) is 0. The number of nitrogens with zero attached hydrogens (tertiary/aromatic N) is 2. The first kappa shape index (κ1) is 19.4. The number of rotatable bonds is 6. The molecule has 2 aromatic rings. The fourth-order valence-electron chi connectivity index (χ4n) is 2.81. The lowest BCUT2D eigenvalue weighted by atomic mass is 10.1. The molecule has 6 nitrogen and oxygen atoms in total. The molecule has 1 aliphatic heterocycles. The summed E-state index contributed by atoms with van der Waals surface area (Å²) in [6, 6.07) is 9.57. The van der Waals surface area contributed by atoms with Gasteiger partial charge in [0.05, 0.1) is 6.10 Å². The number of nitrogens with two attached hydrogens (primary N) is 1. The van der Waals surface area contributed by atoms with Gasteiger partial charge in [-0.25, -0.2) is 4.98 Å². The van der Waals surface area contributed by atoms with E-state index < -0.39 is 0 Å². The number of likely N-dealkylation sites (tertiary alicyclic amines) is 1. The summed E-state index contributed by atoms with van der Waals surface area (Å²) in [6.45, 7) is 2.70. The molecule has 136 valence electrons. The topological polar surface area (TPSA) is 81.6 Å². The minimum Gasteiger partial charge on any atom is -0.444 e. The van der Waals surface area contributed by atoms with Gasteiger partial charge in [-0.15, -0.1) is 12.4 Å². The number of ether oxygens (including phenoxy) is 1. The molecule has 1 amide bonds. The molecule has 2 heterocycles. The molecule has 1 aromatic heterocycles. The van der Waals surface area contributed by atoms with Crippen molar-refractivity contribution in [3.05, 3.63) is 42.3 Å². The number of oxazole rings is 1. The Morgan fingerprint density at radius 3 is 2.68 bits per heavy atom. The number of aromatic nitrogens is 1. The van der Waals surface area contributed by atoms with E-state index in [9.17, 15) is 4.79 Å². The third-order valence-electron chi connectivity index (χ3n) is 4.18. The van der Waals surface area contributed by atoms with Crippen molar-refractivity contribution >= 4 is 18.3 Å². The van der Waals surface area contributed by atoms with Gasteiger partial charge >= 0.3 is 0 Å². The van der Waals surface area contributed by atoms with E-state index in [1.807, 2.05) is 35.2 Å². The molecule has 0 aliphatic carbocycles. The number of piperidine rings is 1. The highest BCUT2D eigenvalue weighted by Crippen LogP contribution is 2.20. The third kappa shape index (κ3) is 5.04. The molecular weight excluding hydrogens is 342 g/mol. The molecule has 0 atom stereocenters. The van der Waals surface area contributed by atoms with Crippen LogP contribution in [0.1, 0.15) is 29.8 Å². The zero-order valence-corrected chi connectivity index (χ0v) is 14.9.